The van der Waals surface area contributed by atoms with E-state index in [-0.39, 0.29) is 37.5 Å². The largest absolute Gasteiger partial charge is 0.462 e. The summed E-state index contributed by atoms with van der Waals surface area (Å²) in [6, 6.07) is 0. The van der Waals surface area contributed by atoms with Gasteiger partial charge in [0.15, 0.2) is 6.10 Å². The number of unbranched alkanes of at least 4 members (excludes halogenated alkanes) is 21. The van der Waals surface area contributed by atoms with Crippen LogP contribution in [0.3, 0.4) is 0 Å². The van der Waals surface area contributed by atoms with Crippen molar-refractivity contribution in [2.24, 2.45) is 0 Å². The minimum Gasteiger partial charge on any atom is -0.462 e. The minimum absolute atomic E-state index is 0.112. The highest BCUT2D eigenvalue weighted by Crippen LogP contribution is 2.14. The quantitative estimate of drug-likeness (QED) is 0.0261. The summed E-state index contributed by atoms with van der Waals surface area (Å²) in [5.74, 6) is -0.987. The van der Waals surface area contributed by atoms with Crippen molar-refractivity contribution in [3.05, 3.63) is 158 Å². The van der Waals surface area contributed by atoms with Crippen molar-refractivity contribution in [1.29, 1.82) is 0 Å². The smallest absolute Gasteiger partial charge is 0.306 e. The van der Waals surface area contributed by atoms with Gasteiger partial charge in [-0.3, -0.25) is 14.4 Å². The molecule has 0 spiro atoms. The number of carbonyl (C=O) groups is 3. The van der Waals surface area contributed by atoms with Crippen molar-refractivity contribution >= 4 is 17.9 Å². The Kier molecular flexibility index (Phi) is 63.4. The molecule has 1 unspecified atom stereocenters. The molecule has 0 rings (SSSR count). The molecule has 0 radical (unpaired) electrons. The van der Waals surface area contributed by atoms with Crippen molar-refractivity contribution in [3.63, 3.8) is 0 Å². The normalized spacial score (nSPS) is 13.2. The van der Waals surface area contributed by atoms with Gasteiger partial charge < -0.3 is 14.2 Å². The number of carbonyl (C=O) groups excluding carboxylic acids is 3. The van der Waals surface area contributed by atoms with Gasteiger partial charge in [-0.15, -0.1) is 0 Å². The van der Waals surface area contributed by atoms with Crippen LogP contribution in [0.2, 0.25) is 0 Å². The second-order valence-corrected chi connectivity index (χ2v) is 21.3. The van der Waals surface area contributed by atoms with Crippen LogP contribution in [0.5, 0.6) is 0 Å². The molecule has 0 aliphatic carbocycles. The molecule has 0 bridgehead atoms. The number of allylic oxidation sites excluding steroid dienone is 26. The van der Waals surface area contributed by atoms with Gasteiger partial charge in [-0.25, -0.2) is 0 Å². The molecule has 6 heteroatoms. The van der Waals surface area contributed by atoms with E-state index in [1.165, 1.54) is 103 Å². The van der Waals surface area contributed by atoms with Gasteiger partial charge in [-0.2, -0.15) is 0 Å². The minimum atomic E-state index is -0.823. The Morgan fingerprint density at radius 3 is 0.802 bits per heavy atom. The van der Waals surface area contributed by atoms with Crippen LogP contribution in [0.25, 0.3) is 0 Å². The molecule has 81 heavy (non-hydrogen) atoms. The molecule has 0 saturated heterocycles. The van der Waals surface area contributed by atoms with Crippen LogP contribution in [0, 0.1) is 0 Å². The molecule has 0 heterocycles. The lowest BCUT2D eigenvalue weighted by atomic mass is 10.1. The molecule has 0 saturated carbocycles. The first-order chi connectivity index (χ1) is 40.0. The van der Waals surface area contributed by atoms with Gasteiger partial charge in [-0.1, -0.05) is 275 Å². The first-order valence-electron chi connectivity index (χ1n) is 33.0. The van der Waals surface area contributed by atoms with Crippen LogP contribution in [0.1, 0.15) is 278 Å². The number of hydrogen-bond acceptors (Lipinski definition) is 6. The average Bonchev–Trinajstić information content (AvgIpc) is 3.47. The summed E-state index contributed by atoms with van der Waals surface area (Å²) in [4.78, 5) is 38.3. The predicted molar refractivity (Wildman–Crippen MR) is 352 cm³/mol. The van der Waals surface area contributed by atoms with Crippen LogP contribution in [0.4, 0.5) is 0 Å². The molecule has 0 fully saturated rings. The van der Waals surface area contributed by atoms with Crippen molar-refractivity contribution in [1.82, 2.24) is 0 Å². The van der Waals surface area contributed by atoms with E-state index < -0.39 is 6.10 Å². The Morgan fingerprint density at radius 1 is 0.259 bits per heavy atom. The van der Waals surface area contributed by atoms with Crippen LogP contribution < -0.4 is 0 Å². The predicted octanol–water partition coefficient (Wildman–Crippen LogP) is 22.9. The third kappa shape index (κ3) is 65.7. The SMILES string of the molecule is CC/C=C\C/C=C\C/C=C\C/C=C\C/C=C\C/C=C\C/C=C\CCCCCCCCCC(=O)OCC(COC(=O)CCCCCCCCC/C=C\CCCCCCCC)OC(=O)CCC/C=C\C/C=C\C/C=C\C/C=C\C/C=C\CC. The van der Waals surface area contributed by atoms with E-state index in [1.54, 1.807) is 0 Å². The van der Waals surface area contributed by atoms with Crippen LogP contribution in [-0.4, -0.2) is 37.2 Å². The number of esters is 3. The summed E-state index contributed by atoms with van der Waals surface area (Å²) in [5.41, 5.74) is 0. The van der Waals surface area contributed by atoms with Crippen molar-refractivity contribution in [3.8, 4) is 0 Å². The standard InChI is InChI=1S/C75H120O6/c1-4-7-10-13-16-19-22-25-28-31-32-33-34-35-36-37-38-39-40-41-42-45-47-50-53-56-59-62-65-68-74(77)80-71-72(81-75(78)69-66-63-60-57-54-51-48-44-30-27-24-21-18-15-12-9-6-3)70-79-73(76)67-64-61-58-55-52-49-46-43-29-26-23-20-17-14-11-8-5-2/h7,9-10,12,16,18-19,21,25-30,32-33,35-36,38-39,41-42,48,51,57,60,72H,4-6,8,11,13-15,17,20,22-24,31,34,37,40,43-47,49-50,52-56,58-59,61-71H2,1-3H3/b10-7-,12-9-,19-16-,21-18-,28-25-,29-26-,30-27-,33-32-,36-35-,39-38-,42-41-,51-48-,60-57-. The maximum Gasteiger partial charge on any atom is 0.306 e. The van der Waals surface area contributed by atoms with Crippen molar-refractivity contribution in [2.75, 3.05) is 13.2 Å². The fourth-order valence-corrected chi connectivity index (χ4v) is 8.63. The van der Waals surface area contributed by atoms with E-state index in [2.05, 4.69) is 179 Å². The lowest BCUT2D eigenvalue weighted by molar-refractivity contribution is -0.167. The van der Waals surface area contributed by atoms with Crippen molar-refractivity contribution < 1.29 is 28.6 Å². The zero-order chi connectivity index (χ0) is 58.5. The van der Waals surface area contributed by atoms with Crippen LogP contribution >= 0.6 is 0 Å². The Balaban J connectivity index is 4.45. The highest BCUT2D eigenvalue weighted by Gasteiger charge is 2.19. The number of rotatable bonds is 58. The first-order valence-corrected chi connectivity index (χ1v) is 33.0. The molecule has 1 atom stereocenters. The fraction of sp³-hybridized carbons (Fsp3) is 0.613. The summed E-state index contributed by atoms with van der Waals surface area (Å²) < 4.78 is 16.9. The molecule has 0 N–H and O–H groups in total. The molecule has 0 aromatic rings. The summed E-state index contributed by atoms with van der Waals surface area (Å²) in [6.45, 7) is 6.35. The Hall–Kier alpha value is -4.97. The average molecular weight is 1120 g/mol. The third-order valence-electron chi connectivity index (χ3n) is 13.5. The fourth-order valence-electron chi connectivity index (χ4n) is 8.63. The molecule has 0 aromatic heterocycles. The van der Waals surface area contributed by atoms with Crippen LogP contribution in [0.15, 0.2) is 158 Å². The molecule has 6 nitrogen and oxygen atoms in total. The second kappa shape index (κ2) is 67.5. The zero-order valence-electron chi connectivity index (χ0n) is 52.2. The third-order valence-corrected chi connectivity index (χ3v) is 13.5. The van der Waals surface area contributed by atoms with Gasteiger partial charge in [0.05, 0.1) is 0 Å². The zero-order valence-corrected chi connectivity index (χ0v) is 52.2. The molecule has 0 aliphatic heterocycles. The summed E-state index contributed by atoms with van der Waals surface area (Å²) in [7, 11) is 0. The van der Waals surface area contributed by atoms with Gasteiger partial charge in [0.2, 0.25) is 0 Å². The molecule has 0 aromatic carbocycles. The van der Waals surface area contributed by atoms with Crippen molar-refractivity contribution in [2.45, 2.75) is 284 Å². The number of ether oxygens (including phenoxy) is 3. The van der Waals surface area contributed by atoms with E-state index >= 15 is 0 Å². The lowest BCUT2D eigenvalue weighted by Gasteiger charge is -2.18. The van der Waals surface area contributed by atoms with E-state index in [4.69, 9.17) is 14.2 Å². The van der Waals surface area contributed by atoms with Gasteiger partial charge in [-0.05, 0) is 141 Å². The summed E-state index contributed by atoms with van der Waals surface area (Å²) in [6.07, 6.45) is 98.2. The molecule has 0 amide bonds. The molecular weight excluding hydrogens is 997 g/mol. The number of hydrogen-bond donors (Lipinski definition) is 0. The Morgan fingerprint density at radius 2 is 0.494 bits per heavy atom. The summed E-state index contributed by atoms with van der Waals surface area (Å²) >= 11 is 0. The Labute approximate surface area is 499 Å². The van der Waals surface area contributed by atoms with E-state index in [1.807, 2.05) is 0 Å². The summed E-state index contributed by atoms with van der Waals surface area (Å²) in [5, 5.41) is 0. The maximum atomic E-state index is 12.9. The topological polar surface area (TPSA) is 78.9 Å². The second-order valence-electron chi connectivity index (χ2n) is 21.3. The molecular formula is C75H120O6. The van der Waals surface area contributed by atoms with Gasteiger partial charge in [0.25, 0.3) is 0 Å². The molecule has 0 aliphatic rings. The van der Waals surface area contributed by atoms with E-state index in [0.717, 1.165) is 128 Å². The Bertz CT molecular complexity index is 1810. The first kappa shape index (κ1) is 76.0. The van der Waals surface area contributed by atoms with Crippen LogP contribution in [-0.2, 0) is 28.6 Å². The lowest BCUT2D eigenvalue weighted by Crippen LogP contribution is -2.30. The van der Waals surface area contributed by atoms with Gasteiger partial charge in [0, 0.05) is 19.3 Å². The van der Waals surface area contributed by atoms with E-state index in [9.17, 15) is 14.4 Å². The van der Waals surface area contributed by atoms with Gasteiger partial charge in [0.1, 0.15) is 13.2 Å². The maximum absolute atomic E-state index is 12.9. The highest BCUT2D eigenvalue weighted by atomic mass is 16.6. The molecule has 456 valence electrons. The van der Waals surface area contributed by atoms with Gasteiger partial charge >= 0.3 is 17.9 Å². The van der Waals surface area contributed by atoms with E-state index in [0.29, 0.717) is 19.3 Å². The monoisotopic (exact) mass is 1120 g/mol. The highest BCUT2D eigenvalue weighted by molar-refractivity contribution is 5.71.